The first kappa shape index (κ1) is 24.0. The summed E-state index contributed by atoms with van der Waals surface area (Å²) in [5.74, 6) is -2.25. The Morgan fingerprint density at radius 2 is 2.03 bits per heavy atom. The third-order valence-electron chi connectivity index (χ3n) is 5.92. The van der Waals surface area contributed by atoms with Crippen LogP contribution < -0.4 is 10.6 Å². The number of amides is 3. The summed E-state index contributed by atoms with van der Waals surface area (Å²) >= 11 is 0. The number of fused-ring (bicyclic) bond motifs is 2. The Morgan fingerprint density at radius 1 is 1.28 bits per heavy atom. The van der Waals surface area contributed by atoms with Crippen molar-refractivity contribution in [1.29, 1.82) is 0 Å². The molecule has 0 aromatic rings. The van der Waals surface area contributed by atoms with Gasteiger partial charge in [-0.2, -0.15) is 0 Å². The summed E-state index contributed by atoms with van der Waals surface area (Å²) in [6.07, 6.45) is 5.11. The van der Waals surface area contributed by atoms with Crippen molar-refractivity contribution < 1.29 is 33.8 Å². The molecular weight excluding hydrogens is 418 g/mol. The highest BCUT2D eigenvalue weighted by Gasteiger charge is 2.61. The number of rotatable bonds is 2. The summed E-state index contributed by atoms with van der Waals surface area (Å²) in [4.78, 5) is 52.0. The normalized spacial score (nSPS) is 32.5. The summed E-state index contributed by atoms with van der Waals surface area (Å²) in [6, 6.07) is -1.70. The number of hydrogen-bond donors (Lipinski definition) is 3. The van der Waals surface area contributed by atoms with Crippen molar-refractivity contribution in [3.63, 3.8) is 0 Å². The summed E-state index contributed by atoms with van der Waals surface area (Å²) in [5, 5.41) is 15.0. The monoisotopic (exact) mass is 451 g/mol. The molecule has 0 spiro atoms. The lowest BCUT2D eigenvalue weighted by atomic mass is 10.1. The molecule has 0 aromatic carbocycles. The van der Waals surface area contributed by atoms with Gasteiger partial charge in [0.2, 0.25) is 11.8 Å². The van der Waals surface area contributed by atoms with E-state index in [2.05, 4.69) is 10.6 Å². The fraction of sp³-hybridized carbons (Fsp3) is 0.727. The lowest BCUT2D eigenvalue weighted by molar-refractivity contribution is -0.145. The van der Waals surface area contributed by atoms with E-state index in [0.29, 0.717) is 38.8 Å². The first-order valence-electron chi connectivity index (χ1n) is 11.1. The van der Waals surface area contributed by atoms with Crippen LogP contribution in [0, 0.1) is 5.92 Å². The van der Waals surface area contributed by atoms with Crippen molar-refractivity contribution in [2.75, 3.05) is 19.8 Å². The van der Waals surface area contributed by atoms with Gasteiger partial charge >= 0.3 is 12.1 Å². The van der Waals surface area contributed by atoms with Crippen LogP contribution in [0.25, 0.3) is 0 Å². The molecule has 4 atom stereocenters. The molecule has 1 saturated heterocycles. The van der Waals surface area contributed by atoms with Crippen LogP contribution in [0.4, 0.5) is 4.79 Å². The first-order valence-corrected chi connectivity index (χ1v) is 11.1. The molecule has 0 radical (unpaired) electrons. The molecule has 178 valence electrons. The molecule has 3 N–H and O–H groups in total. The van der Waals surface area contributed by atoms with Gasteiger partial charge in [0, 0.05) is 25.5 Å². The highest BCUT2D eigenvalue weighted by molar-refractivity contribution is 5.96. The maximum Gasteiger partial charge on any atom is 0.408 e. The molecule has 2 fully saturated rings. The van der Waals surface area contributed by atoms with Crippen molar-refractivity contribution in [2.45, 2.75) is 76.1 Å². The Labute approximate surface area is 187 Å². The fourth-order valence-electron chi connectivity index (χ4n) is 4.19. The Kier molecular flexibility index (Phi) is 7.12. The highest BCUT2D eigenvalue weighted by atomic mass is 16.6. The molecule has 10 nitrogen and oxygen atoms in total. The van der Waals surface area contributed by atoms with Gasteiger partial charge in [0.05, 0.1) is 6.61 Å². The Hall–Kier alpha value is -2.62. The van der Waals surface area contributed by atoms with Crippen molar-refractivity contribution >= 4 is 23.9 Å². The van der Waals surface area contributed by atoms with E-state index in [0.717, 1.165) is 0 Å². The molecule has 3 rings (SSSR count). The van der Waals surface area contributed by atoms with E-state index in [9.17, 15) is 24.3 Å². The van der Waals surface area contributed by atoms with E-state index in [-0.39, 0.29) is 18.9 Å². The van der Waals surface area contributed by atoms with Crippen LogP contribution in [-0.2, 0) is 23.9 Å². The Morgan fingerprint density at radius 3 is 2.72 bits per heavy atom. The molecule has 1 saturated carbocycles. The standard InChI is InChI=1S/C22H33N3O7/c1-21(2,3)32-20(30)23-15-9-12-31-11-5-4-7-14-13-22(14,19(28)29)24-17(26)16-8-6-10-25(16)18(15)27/h4,7,14-16H,5-6,8-13H2,1-3H3,(H,23,30)(H,24,26)(H,28,29)/b7-4-/t14-,15+,16+,22-/m1/s1. The minimum absolute atomic E-state index is 0.230. The van der Waals surface area contributed by atoms with E-state index in [1.54, 1.807) is 20.8 Å². The number of ether oxygens (including phenoxy) is 2. The van der Waals surface area contributed by atoms with Gasteiger partial charge in [-0.3, -0.25) is 9.59 Å². The zero-order valence-electron chi connectivity index (χ0n) is 18.9. The molecule has 2 heterocycles. The molecule has 3 aliphatic rings. The smallest absolute Gasteiger partial charge is 0.408 e. The average Bonchev–Trinajstić information content (AvgIpc) is 3.16. The van der Waals surface area contributed by atoms with Gasteiger partial charge in [0.1, 0.15) is 23.2 Å². The Balaban J connectivity index is 1.79. The lowest BCUT2D eigenvalue weighted by Gasteiger charge is -2.30. The molecule has 0 bridgehead atoms. The quantitative estimate of drug-likeness (QED) is 0.537. The minimum Gasteiger partial charge on any atom is -0.479 e. The largest absolute Gasteiger partial charge is 0.479 e. The van der Waals surface area contributed by atoms with E-state index in [4.69, 9.17) is 9.47 Å². The van der Waals surface area contributed by atoms with Gasteiger partial charge in [-0.1, -0.05) is 12.2 Å². The number of nitrogens with one attached hydrogen (secondary N) is 2. The van der Waals surface area contributed by atoms with Gasteiger partial charge in [0.25, 0.3) is 0 Å². The van der Waals surface area contributed by atoms with Crippen LogP contribution >= 0.6 is 0 Å². The predicted molar refractivity (Wildman–Crippen MR) is 114 cm³/mol. The lowest BCUT2D eigenvalue weighted by Crippen LogP contribution is -2.56. The third-order valence-corrected chi connectivity index (χ3v) is 5.92. The second kappa shape index (κ2) is 9.48. The van der Waals surface area contributed by atoms with Crippen LogP contribution in [0.2, 0.25) is 0 Å². The van der Waals surface area contributed by atoms with E-state index in [1.807, 2.05) is 12.2 Å². The van der Waals surface area contributed by atoms with Crippen molar-refractivity contribution in [3.8, 4) is 0 Å². The fourth-order valence-corrected chi connectivity index (χ4v) is 4.19. The van der Waals surface area contributed by atoms with Crippen LogP contribution in [0.1, 0.15) is 52.9 Å². The summed E-state index contributed by atoms with van der Waals surface area (Å²) in [7, 11) is 0. The number of carboxylic acid groups (broad SMARTS) is 1. The molecule has 10 heteroatoms. The summed E-state index contributed by atoms with van der Waals surface area (Å²) in [5.41, 5.74) is -2.06. The number of aliphatic carboxylic acids is 1. The van der Waals surface area contributed by atoms with Crippen molar-refractivity contribution in [3.05, 3.63) is 12.2 Å². The first-order chi connectivity index (χ1) is 15.0. The number of carboxylic acids is 1. The van der Waals surface area contributed by atoms with E-state index in [1.165, 1.54) is 4.90 Å². The topological polar surface area (TPSA) is 134 Å². The van der Waals surface area contributed by atoms with Gasteiger partial charge in [-0.15, -0.1) is 0 Å². The van der Waals surface area contributed by atoms with Crippen LogP contribution in [0.3, 0.4) is 0 Å². The zero-order valence-corrected chi connectivity index (χ0v) is 18.9. The number of nitrogens with zero attached hydrogens (tertiary/aromatic N) is 1. The maximum absolute atomic E-state index is 13.3. The van der Waals surface area contributed by atoms with Crippen LogP contribution in [0.15, 0.2) is 12.2 Å². The van der Waals surface area contributed by atoms with E-state index >= 15 is 0 Å². The molecule has 0 aromatic heterocycles. The molecule has 32 heavy (non-hydrogen) atoms. The number of hydrogen-bond acceptors (Lipinski definition) is 6. The molecule has 1 aliphatic carbocycles. The predicted octanol–water partition coefficient (Wildman–Crippen LogP) is 1.20. The maximum atomic E-state index is 13.3. The second-order valence-electron chi connectivity index (χ2n) is 9.58. The van der Waals surface area contributed by atoms with Gasteiger partial charge in [-0.05, 0) is 46.5 Å². The molecule has 2 aliphatic heterocycles. The van der Waals surface area contributed by atoms with Gasteiger partial charge < -0.3 is 30.1 Å². The summed E-state index contributed by atoms with van der Waals surface area (Å²) < 4.78 is 10.9. The number of carbonyl (C=O) groups excluding carboxylic acids is 3. The number of alkyl carbamates (subject to hydrolysis) is 1. The van der Waals surface area contributed by atoms with Crippen LogP contribution in [0.5, 0.6) is 0 Å². The molecule has 0 unspecified atom stereocenters. The van der Waals surface area contributed by atoms with Crippen LogP contribution in [-0.4, -0.2) is 76.9 Å². The van der Waals surface area contributed by atoms with Gasteiger partial charge in [-0.25, -0.2) is 9.59 Å². The average molecular weight is 452 g/mol. The minimum atomic E-state index is -1.33. The zero-order chi connectivity index (χ0) is 23.5. The highest BCUT2D eigenvalue weighted by Crippen LogP contribution is 2.45. The molecular formula is C22H33N3O7. The van der Waals surface area contributed by atoms with Crippen molar-refractivity contribution in [2.24, 2.45) is 5.92 Å². The van der Waals surface area contributed by atoms with Crippen molar-refractivity contribution in [1.82, 2.24) is 15.5 Å². The summed E-state index contributed by atoms with van der Waals surface area (Å²) in [6.45, 7) is 6.18. The van der Waals surface area contributed by atoms with E-state index < -0.39 is 47.1 Å². The molecule has 3 amide bonds. The SMILES string of the molecule is CC(C)(C)OC(=O)N[C@H]1CCOCC/C=C\[C@@H]2C[C@@]2(C(=O)O)NC(=O)[C@@H]2CCCN2C1=O. The Bertz CT molecular complexity index is 791. The third kappa shape index (κ3) is 5.59. The number of carbonyl (C=O) groups is 4. The van der Waals surface area contributed by atoms with Gasteiger partial charge in [0.15, 0.2) is 0 Å². The second-order valence-corrected chi connectivity index (χ2v) is 9.58.